The average molecular weight is 571 g/mol. The number of nitrogens with one attached hydrogen (secondary N) is 1. The van der Waals surface area contributed by atoms with Crippen molar-refractivity contribution in [3.8, 4) is 11.5 Å². The molecular weight excluding hydrogens is 532 g/mol. The lowest BCUT2D eigenvalue weighted by molar-refractivity contribution is 0.0951. The van der Waals surface area contributed by atoms with Gasteiger partial charge in [-0.1, -0.05) is 32.0 Å². The van der Waals surface area contributed by atoms with Crippen molar-refractivity contribution in [2.24, 2.45) is 0 Å². The van der Waals surface area contributed by atoms with E-state index in [-0.39, 0.29) is 23.0 Å². The first-order chi connectivity index (χ1) is 19.2. The Hall–Kier alpha value is -3.41. The Morgan fingerprint density at radius 3 is 2.17 bits per heavy atom. The monoisotopic (exact) mass is 570 g/mol. The van der Waals surface area contributed by atoms with E-state index < -0.39 is 15.9 Å². The van der Waals surface area contributed by atoms with Gasteiger partial charge in [0.15, 0.2) is 11.5 Å². The Balaban J connectivity index is 1.72. The van der Waals surface area contributed by atoms with Crippen LogP contribution in [0.3, 0.4) is 0 Å². The maximum atomic E-state index is 13.7. The molecule has 2 heterocycles. The molecule has 2 aromatic carbocycles. The topological polar surface area (TPSA) is 110 Å². The number of carbonyl (C=O) groups excluding carboxylic acids is 1. The molecule has 40 heavy (non-hydrogen) atoms. The van der Waals surface area contributed by atoms with E-state index in [1.807, 2.05) is 20.9 Å². The van der Waals surface area contributed by atoms with E-state index in [9.17, 15) is 18.0 Å². The van der Waals surface area contributed by atoms with Crippen molar-refractivity contribution in [2.75, 3.05) is 47.4 Å². The molecular formula is C29H38N4O6S. The largest absolute Gasteiger partial charge is 0.493 e. The first-order valence-corrected chi connectivity index (χ1v) is 15.0. The zero-order valence-corrected chi connectivity index (χ0v) is 24.6. The molecule has 1 N–H and O–H groups in total. The third-order valence-corrected chi connectivity index (χ3v) is 9.62. The molecule has 11 heteroatoms. The summed E-state index contributed by atoms with van der Waals surface area (Å²) in [6, 6.07) is 9.87. The van der Waals surface area contributed by atoms with Gasteiger partial charge in [0, 0.05) is 50.3 Å². The maximum absolute atomic E-state index is 13.7. The normalized spacial score (nSPS) is 14.9. The molecule has 3 aromatic rings. The summed E-state index contributed by atoms with van der Waals surface area (Å²) < 4.78 is 40.9. The summed E-state index contributed by atoms with van der Waals surface area (Å²) in [4.78, 5) is 29.4. The number of nitrogens with zero attached hydrogens (tertiary/aromatic N) is 3. The van der Waals surface area contributed by atoms with Crippen molar-refractivity contribution in [1.29, 1.82) is 0 Å². The fourth-order valence-electron chi connectivity index (χ4n) is 5.16. The molecule has 0 spiro atoms. The van der Waals surface area contributed by atoms with Gasteiger partial charge in [-0.2, -0.15) is 4.31 Å². The van der Waals surface area contributed by atoms with Crippen LogP contribution in [0.15, 0.2) is 52.3 Å². The van der Waals surface area contributed by atoms with E-state index in [1.54, 1.807) is 47.2 Å². The quantitative estimate of drug-likeness (QED) is 0.399. The van der Waals surface area contributed by atoms with Crippen LogP contribution in [-0.2, 0) is 16.6 Å². The van der Waals surface area contributed by atoms with Crippen molar-refractivity contribution >= 4 is 26.7 Å². The fraction of sp³-hybridized carbons (Fsp3) is 0.448. The van der Waals surface area contributed by atoms with Crippen molar-refractivity contribution in [3.63, 3.8) is 0 Å². The Bertz CT molecular complexity index is 1540. The number of sulfonamides is 1. The van der Waals surface area contributed by atoms with E-state index in [4.69, 9.17) is 9.47 Å². The third-order valence-electron chi connectivity index (χ3n) is 7.62. The lowest BCUT2D eigenvalue weighted by Gasteiger charge is -2.32. The molecule has 0 radical (unpaired) electrons. The van der Waals surface area contributed by atoms with Gasteiger partial charge in [-0.3, -0.25) is 9.59 Å². The summed E-state index contributed by atoms with van der Waals surface area (Å²) >= 11 is 0. The number of methoxy groups -OCH3 is 2. The second kappa shape index (κ2) is 12.4. The zero-order valence-electron chi connectivity index (χ0n) is 23.8. The van der Waals surface area contributed by atoms with Crippen LogP contribution in [0.1, 0.15) is 48.7 Å². The molecule has 0 saturated carbocycles. The molecule has 0 atom stereocenters. The predicted octanol–water partition coefficient (Wildman–Crippen LogP) is 3.25. The standard InChI is InChI=1S/C29H38N4O6S/c1-6-21(7-2)33-19-24(22-16-25(38-4)26(39-5)17-23(22)29(33)35)28(34)30-18-20-10-8-9-11-27(20)40(36,37)32-14-12-31(3)13-15-32/h8-11,16-17,19,21H,6-7,12-15,18H2,1-5H3,(H,30,34). The molecule has 1 aliphatic rings. The Kier molecular flexibility index (Phi) is 9.17. The summed E-state index contributed by atoms with van der Waals surface area (Å²) in [6.07, 6.45) is 3.03. The van der Waals surface area contributed by atoms with E-state index in [0.29, 0.717) is 72.4 Å². The van der Waals surface area contributed by atoms with Gasteiger partial charge in [0.1, 0.15) is 0 Å². The van der Waals surface area contributed by atoms with Gasteiger partial charge in [-0.05, 0) is 43.7 Å². The van der Waals surface area contributed by atoms with Crippen LogP contribution in [0.4, 0.5) is 0 Å². The number of piperazine rings is 1. The predicted molar refractivity (Wildman–Crippen MR) is 155 cm³/mol. The maximum Gasteiger partial charge on any atom is 0.258 e. The molecule has 1 fully saturated rings. The first kappa shape index (κ1) is 29.6. The molecule has 0 aliphatic carbocycles. The van der Waals surface area contributed by atoms with Gasteiger partial charge in [-0.15, -0.1) is 0 Å². The number of benzene rings is 2. The molecule has 0 unspecified atom stereocenters. The van der Waals surface area contributed by atoms with Crippen molar-refractivity contribution in [3.05, 3.63) is 64.1 Å². The van der Waals surface area contributed by atoms with Crippen LogP contribution in [0.25, 0.3) is 10.8 Å². The van der Waals surface area contributed by atoms with Crippen LogP contribution < -0.4 is 20.3 Å². The Morgan fingerprint density at radius 2 is 1.57 bits per heavy atom. The van der Waals surface area contributed by atoms with E-state index in [0.717, 1.165) is 0 Å². The zero-order chi connectivity index (χ0) is 29.0. The first-order valence-electron chi connectivity index (χ1n) is 13.5. The van der Waals surface area contributed by atoms with Gasteiger partial charge in [0.25, 0.3) is 11.5 Å². The summed E-state index contributed by atoms with van der Waals surface area (Å²) in [5, 5.41) is 3.67. The smallest absolute Gasteiger partial charge is 0.258 e. The SMILES string of the molecule is CCC(CC)n1cc(C(=O)NCc2ccccc2S(=O)(=O)N2CCN(C)CC2)c2cc(OC)c(OC)cc2c1=O. The summed E-state index contributed by atoms with van der Waals surface area (Å²) in [5.41, 5.74) is 0.568. The Morgan fingerprint density at radius 1 is 0.975 bits per heavy atom. The van der Waals surface area contributed by atoms with Gasteiger partial charge in [-0.25, -0.2) is 8.42 Å². The number of hydrogen-bond donors (Lipinski definition) is 1. The third kappa shape index (κ3) is 5.72. The van der Waals surface area contributed by atoms with Crippen molar-refractivity contribution in [1.82, 2.24) is 19.1 Å². The second-order valence-corrected chi connectivity index (χ2v) is 11.9. The van der Waals surface area contributed by atoms with Crippen LogP contribution >= 0.6 is 0 Å². The highest BCUT2D eigenvalue weighted by Crippen LogP contribution is 2.33. The number of fused-ring (bicyclic) bond motifs is 1. The average Bonchev–Trinajstić information content (AvgIpc) is 2.97. The van der Waals surface area contributed by atoms with Crippen LogP contribution in [0.2, 0.25) is 0 Å². The van der Waals surface area contributed by atoms with E-state index in [1.165, 1.54) is 18.5 Å². The molecule has 1 amide bonds. The molecule has 1 aliphatic heterocycles. The van der Waals surface area contributed by atoms with Gasteiger partial charge in [0.2, 0.25) is 10.0 Å². The summed E-state index contributed by atoms with van der Waals surface area (Å²) in [6.45, 7) is 6.13. The number of rotatable bonds is 10. The number of pyridine rings is 1. The van der Waals surface area contributed by atoms with Gasteiger partial charge >= 0.3 is 0 Å². The molecule has 10 nitrogen and oxygen atoms in total. The van der Waals surface area contributed by atoms with Crippen LogP contribution in [0.5, 0.6) is 11.5 Å². The van der Waals surface area contributed by atoms with Gasteiger partial charge < -0.3 is 24.3 Å². The second-order valence-electron chi connectivity index (χ2n) is 9.98. The lowest BCUT2D eigenvalue weighted by Crippen LogP contribution is -2.47. The van der Waals surface area contributed by atoms with Crippen LogP contribution in [-0.4, -0.2) is 75.5 Å². The van der Waals surface area contributed by atoms with Crippen molar-refractivity contribution < 1.29 is 22.7 Å². The number of amides is 1. The number of ether oxygens (including phenoxy) is 2. The highest BCUT2D eigenvalue weighted by Gasteiger charge is 2.29. The molecule has 216 valence electrons. The van der Waals surface area contributed by atoms with E-state index in [2.05, 4.69) is 10.2 Å². The molecule has 0 bridgehead atoms. The number of likely N-dealkylation sites (N-methyl/N-ethyl adjacent to an activating group) is 1. The Labute approximate surface area is 235 Å². The minimum atomic E-state index is -3.73. The highest BCUT2D eigenvalue weighted by atomic mass is 32.2. The molecule has 4 rings (SSSR count). The summed E-state index contributed by atoms with van der Waals surface area (Å²) in [7, 11) is 1.22. The number of hydrogen-bond acceptors (Lipinski definition) is 7. The van der Waals surface area contributed by atoms with E-state index >= 15 is 0 Å². The van der Waals surface area contributed by atoms with Crippen LogP contribution in [0, 0.1) is 0 Å². The molecule has 1 aromatic heterocycles. The summed E-state index contributed by atoms with van der Waals surface area (Å²) in [5.74, 6) is 0.361. The number of carbonyl (C=O) groups is 1. The minimum Gasteiger partial charge on any atom is -0.493 e. The fourth-order valence-corrected chi connectivity index (χ4v) is 6.80. The molecule has 1 saturated heterocycles. The van der Waals surface area contributed by atoms with Gasteiger partial charge in [0.05, 0.1) is 30.1 Å². The number of aromatic nitrogens is 1. The highest BCUT2D eigenvalue weighted by molar-refractivity contribution is 7.89. The lowest BCUT2D eigenvalue weighted by atomic mass is 10.0. The minimum absolute atomic E-state index is 0.000866. The van der Waals surface area contributed by atoms with Crippen molar-refractivity contribution in [2.45, 2.75) is 44.2 Å².